The lowest BCUT2D eigenvalue weighted by Gasteiger charge is -2.13. The van der Waals surface area contributed by atoms with Crippen LogP contribution in [0.3, 0.4) is 0 Å². The number of anilines is 1. The minimum Gasteiger partial charge on any atom is -0.368 e. The van der Waals surface area contributed by atoms with Gasteiger partial charge in [0.05, 0.1) is 0 Å². The summed E-state index contributed by atoms with van der Waals surface area (Å²) in [6.45, 7) is 0.849. The fourth-order valence-corrected chi connectivity index (χ4v) is 3.27. The highest BCUT2D eigenvalue weighted by atomic mass is 19.1. The molecule has 1 aliphatic carbocycles. The first-order chi connectivity index (χ1) is 11.3. The fraction of sp³-hybridized carbons (Fsp3) is 0.333. The Bertz CT molecular complexity index is 881. The second-order valence-corrected chi connectivity index (χ2v) is 6.05. The van der Waals surface area contributed by atoms with Crippen molar-refractivity contribution in [1.82, 2.24) is 15.0 Å². The molecule has 0 atom stereocenters. The first-order valence-corrected chi connectivity index (χ1v) is 8.15. The second kappa shape index (κ2) is 5.99. The van der Waals surface area contributed by atoms with Gasteiger partial charge in [0.25, 0.3) is 0 Å². The van der Waals surface area contributed by atoms with Crippen LogP contribution in [-0.4, -0.2) is 21.5 Å². The van der Waals surface area contributed by atoms with E-state index in [2.05, 4.69) is 26.3 Å². The third-order valence-electron chi connectivity index (χ3n) is 4.47. The van der Waals surface area contributed by atoms with Gasteiger partial charge in [-0.05, 0) is 50.3 Å². The van der Waals surface area contributed by atoms with Gasteiger partial charge < -0.3 is 10.3 Å². The van der Waals surface area contributed by atoms with Crippen molar-refractivity contribution in [2.45, 2.75) is 32.1 Å². The van der Waals surface area contributed by atoms with Gasteiger partial charge in [0.1, 0.15) is 23.2 Å². The van der Waals surface area contributed by atoms with Crippen LogP contribution in [0.15, 0.2) is 36.2 Å². The van der Waals surface area contributed by atoms with Gasteiger partial charge in [-0.3, -0.25) is 0 Å². The number of nitrogens with one attached hydrogen (secondary N) is 2. The van der Waals surface area contributed by atoms with Crippen molar-refractivity contribution in [2.24, 2.45) is 0 Å². The highest BCUT2D eigenvalue weighted by molar-refractivity contribution is 6.07. The van der Waals surface area contributed by atoms with E-state index < -0.39 is 0 Å². The number of halogens is 1. The Morgan fingerprint density at radius 1 is 1.22 bits per heavy atom. The number of rotatable bonds is 4. The highest BCUT2D eigenvalue weighted by Gasteiger charge is 2.11. The molecule has 0 bridgehead atoms. The number of allylic oxidation sites excluding steroid dienone is 1. The second-order valence-electron chi connectivity index (χ2n) is 6.05. The van der Waals surface area contributed by atoms with Crippen LogP contribution in [0.1, 0.15) is 32.1 Å². The standard InChI is InChI=1S/C18H19FN4/c19-13-6-7-15-14(10-13)16-17(23-15)18(22-11-21-16)20-9-8-12-4-2-1-3-5-12/h4,6-7,10-11,23H,1-3,5,8-9H2,(H,20,21,22). The summed E-state index contributed by atoms with van der Waals surface area (Å²) in [7, 11) is 0. The van der Waals surface area contributed by atoms with Crippen molar-refractivity contribution < 1.29 is 4.39 Å². The molecule has 23 heavy (non-hydrogen) atoms. The van der Waals surface area contributed by atoms with Crippen molar-refractivity contribution >= 4 is 27.8 Å². The quantitative estimate of drug-likeness (QED) is 0.695. The summed E-state index contributed by atoms with van der Waals surface area (Å²) in [6.07, 6.45) is 9.98. The van der Waals surface area contributed by atoms with Crippen LogP contribution < -0.4 is 5.32 Å². The largest absolute Gasteiger partial charge is 0.368 e. The molecule has 2 heterocycles. The lowest BCUT2D eigenvalue weighted by atomic mass is 9.97. The maximum absolute atomic E-state index is 13.5. The molecular formula is C18H19FN4. The number of hydrogen-bond acceptors (Lipinski definition) is 3. The minimum atomic E-state index is -0.254. The van der Waals surface area contributed by atoms with Crippen molar-refractivity contribution in [3.63, 3.8) is 0 Å². The van der Waals surface area contributed by atoms with Crippen molar-refractivity contribution in [3.8, 4) is 0 Å². The van der Waals surface area contributed by atoms with E-state index in [1.165, 1.54) is 49.7 Å². The minimum absolute atomic E-state index is 0.254. The molecule has 1 aromatic carbocycles. The molecule has 0 saturated heterocycles. The van der Waals surface area contributed by atoms with Gasteiger partial charge in [0, 0.05) is 17.4 Å². The van der Waals surface area contributed by atoms with Crippen LogP contribution in [0, 0.1) is 5.82 Å². The van der Waals surface area contributed by atoms with Gasteiger partial charge >= 0.3 is 0 Å². The Hall–Kier alpha value is -2.43. The number of H-pyrrole nitrogens is 1. The van der Waals surface area contributed by atoms with E-state index in [0.29, 0.717) is 0 Å². The Morgan fingerprint density at radius 3 is 3.04 bits per heavy atom. The monoisotopic (exact) mass is 310 g/mol. The summed E-state index contributed by atoms with van der Waals surface area (Å²) >= 11 is 0. The molecule has 0 unspecified atom stereocenters. The van der Waals surface area contributed by atoms with Gasteiger partial charge in [0.15, 0.2) is 5.82 Å². The number of benzene rings is 1. The third-order valence-corrected chi connectivity index (χ3v) is 4.47. The first kappa shape index (κ1) is 14.2. The molecule has 0 saturated carbocycles. The molecule has 118 valence electrons. The average molecular weight is 310 g/mol. The maximum atomic E-state index is 13.5. The summed E-state index contributed by atoms with van der Waals surface area (Å²) in [4.78, 5) is 11.9. The lowest BCUT2D eigenvalue weighted by Crippen LogP contribution is -2.06. The zero-order valence-electron chi connectivity index (χ0n) is 12.9. The molecule has 2 N–H and O–H groups in total. The molecule has 4 nitrogen and oxygen atoms in total. The van der Waals surface area contributed by atoms with Crippen molar-refractivity contribution in [3.05, 3.63) is 42.0 Å². The molecule has 0 spiro atoms. The summed E-state index contributed by atoms with van der Waals surface area (Å²) in [5, 5.41) is 4.19. The predicted molar refractivity (Wildman–Crippen MR) is 91.0 cm³/mol. The predicted octanol–water partition coefficient (Wildman–Crippen LogP) is 4.55. The Kier molecular flexibility index (Phi) is 3.69. The zero-order chi connectivity index (χ0) is 15.6. The molecular weight excluding hydrogens is 291 g/mol. The Balaban J connectivity index is 1.59. The fourth-order valence-electron chi connectivity index (χ4n) is 3.27. The molecule has 4 rings (SSSR count). The normalized spacial score (nSPS) is 15.1. The highest BCUT2D eigenvalue weighted by Crippen LogP contribution is 2.28. The third kappa shape index (κ3) is 2.79. The first-order valence-electron chi connectivity index (χ1n) is 8.15. The smallest absolute Gasteiger partial charge is 0.153 e. The summed E-state index contributed by atoms with van der Waals surface area (Å²) in [5.74, 6) is 0.527. The number of aromatic nitrogens is 3. The molecule has 0 radical (unpaired) electrons. The Labute approximate surface area is 133 Å². The number of aromatic amines is 1. The topological polar surface area (TPSA) is 53.6 Å². The SMILES string of the molecule is Fc1ccc2[nH]c3c(NCCC4=CCCCC4)ncnc3c2c1. The Morgan fingerprint density at radius 2 is 2.17 bits per heavy atom. The molecule has 5 heteroatoms. The molecule has 3 aromatic rings. The van der Waals surface area contributed by atoms with Crippen LogP contribution >= 0.6 is 0 Å². The number of hydrogen-bond donors (Lipinski definition) is 2. The number of nitrogens with zero attached hydrogens (tertiary/aromatic N) is 2. The van der Waals surface area contributed by atoms with E-state index >= 15 is 0 Å². The van der Waals surface area contributed by atoms with Crippen molar-refractivity contribution in [2.75, 3.05) is 11.9 Å². The summed E-state index contributed by atoms with van der Waals surface area (Å²) in [6, 6.07) is 4.70. The molecule has 0 amide bonds. The zero-order valence-corrected chi connectivity index (χ0v) is 12.9. The van der Waals surface area contributed by atoms with Gasteiger partial charge in [-0.1, -0.05) is 11.6 Å². The van der Waals surface area contributed by atoms with Crippen LogP contribution in [0.25, 0.3) is 21.9 Å². The van der Waals surface area contributed by atoms with Crippen LogP contribution in [0.4, 0.5) is 10.2 Å². The van der Waals surface area contributed by atoms with Gasteiger partial charge in [-0.2, -0.15) is 0 Å². The lowest BCUT2D eigenvalue weighted by molar-refractivity contribution is 0.630. The number of fused-ring (bicyclic) bond motifs is 3. The molecule has 1 aliphatic rings. The summed E-state index contributed by atoms with van der Waals surface area (Å²) in [5.41, 5.74) is 4.01. The van der Waals surface area contributed by atoms with E-state index in [0.717, 1.165) is 40.7 Å². The van der Waals surface area contributed by atoms with Gasteiger partial charge in [-0.25, -0.2) is 14.4 Å². The summed E-state index contributed by atoms with van der Waals surface area (Å²) < 4.78 is 13.5. The van der Waals surface area contributed by atoms with E-state index in [9.17, 15) is 4.39 Å². The molecule has 2 aromatic heterocycles. The molecule has 0 aliphatic heterocycles. The van der Waals surface area contributed by atoms with Gasteiger partial charge in [0.2, 0.25) is 0 Å². The average Bonchev–Trinajstić information content (AvgIpc) is 2.95. The van der Waals surface area contributed by atoms with E-state index in [1.54, 1.807) is 6.07 Å². The molecule has 0 fully saturated rings. The van der Waals surface area contributed by atoms with Crippen LogP contribution in [0.2, 0.25) is 0 Å². The van der Waals surface area contributed by atoms with Crippen LogP contribution in [-0.2, 0) is 0 Å². The van der Waals surface area contributed by atoms with Crippen LogP contribution in [0.5, 0.6) is 0 Å². The maximum Gasteiger partial charge on any atom is 0.153 e. The van der Waals surface area contributed by atoms with Crippen molar-refractivity contribution in [1.29, 1.82) is 0 Å². The van der Waals surface area contributed by atoms with E-state index in [1.807, 2.05) is 0 Å². The van der Waals surface area contributed by atoms with E-state index in [4.69, 9.17) is 0 Å². The van der Waals surface area contributed by atoms with E-state index in [-0.39, 0.29) is 5.82 Å². The van der Waals surface area contributed by atoms with Gasteiger partial charge in [-0.15, -0.1) is 0 Å².